The molecule has 3 saturated carbocycles. The van der Waals surface area contributed by atoms with Gasteiger partial charge in [-0.15, -0.1) is 0 Å². The van der Waals surface area contributed by atoms with Gasteiger partial charge in [-0.05, 0) is 99.2 Å². The van der Waals surface area contributed by atoms with Crippen molar-refractivity contribution in [2.24, 2.45) is 39.4 Å². The van der Waals surface area contributed by atoms with Crippen molar-refractivity contribution in [3.05, 3.63) is 11.6 Å². The molecule has 29 atom stereocenters. The molecule has 9 rings (SSSR count). The van der Waals surface area contributed by atoms with Crippen LogP contribution in [0.15, 0.2) is 11.6 Å². The molecule has 1 spiro atoms. The number of aliphatic hydroxyl groups is 12. The Hall–Kier alpha value is -1.76. The smallest absolute Gasteiger partial charge is 0.397 e. The number of methoxy groups -OCH3 is 1. The average Bonchev–Trinajstić information content (AvgIpc) is 1.45. The van der Waals surface area contributed by atoms with Crippen molar-refractivity contribution in [1.29, 1.82) is 0 Å². The van der Waals surface area contributed by atoms with E-state index in [1.165, 1.54) is 14.0 Å². The molecule has 4 aliphatic carbocycles. The van der Waals surface area contributed by atoms with Gasteiger partial charge in [-0.1, -0.05) is 53.2 Å². The Morgan fingerprint density at radius 3 is 1.89 bits per heavy atom. The van der Waals surface area contributed by atoms with Crippen molar-refractivity contribution in [3.63, 3.8) is 0 Å². The van der Waals surface area contributed by atoms with E-state index < -0.39 is 204 Å². The molecule has 0 aromatic heterocycles. The van der Waals surface area contributed by atoms with E-state index in [1.54, 1.807) is 13.0 Å². The number of carbonyl (C=O) groups excluding carboxylic acids is 1. The molecular formula is C54H88O27S. The molecule has 5 heterocycles. The van der Waals surface area contributed by atoms with Crippen molar-refractivity contribution in [2.45, 2.75) is 253 Å². The summed E-state index contributed by atoms with van der Waals surface area (Å²) in [5.41, 5.74) is -6.01. The van der Waals surface area contributed by atoms with Crippen molar-refractivity contribution in [3.8, 4) is 0 Å². The zero-order valence-electron chi connectivity index (χ0n) is 47.7. The normalized spacial score (nSPS) is 51.6. The lowest BCUT2D eigenvalue weighted by molar-refractivity contribution is -0.389. The SMILES string of the molecule is CO[C@@H]1[C@@H](O)[C@H](O[C@@H]2[C@@H](O)[C@H](O[C@H]3[C@H](O)[C@@H](O)[C@H](O[C@H]4[C@H](O[C@H]5CC[C@]6(C)C7=CC(O)C89C(=O)O[C@@](C)(CCC(O)C(C)C)[C@@]8(O)CC[C@@]9(C)[C@@H]7CC[C@H]6C5(C)C)OC[C@@H](OS(=O)(=O)O)[C@@H]4O)O[C@@H]3C)O[C@H](CO)[C@H]2O)O[C@H](CO)[C@H]1O. The molecule has 472 valence electrons. The summed E-state index contributed by atoms with van der Waals surface area (Å²) in [4.78, 5) is 14.5. The van der Waals surface area contributed by atoms with Gasteiger partial charge in [0.1, 0.15) is 102 Å². The Labute approximate surface area is 476 Å². The van der Waals surface area contributed by atoms with Crippen LogP contribution in [-0.2, 0) is 66.7 Å². The number of rotatable bonds is 17. The van der Waals surface area contributed by atoms with Gasteiger partial charge in [-0.2, -0.15) is 8.42 Å². The number of aliphatic hydroxyl groups excluding tert-OH is 11. The van der Waals surface area contributed by atoms with Gasteiger partial charge in [0.25, 0.3) is 0 Å². The maximum atomic E-state index is 14.5. The van der Waals surface area contributed by atoms with Crippen molar-refractivity contribution < 1.29 is 131 Å². The lowest BCUT2D eigenvalue weighted by Crippen LogP contribution is -2.68. The summed E-state index contributed by atoms with van der Waals surface area (Å²) in [6, 6.07) is 0. The lowest BCUT2D eigenvalue weighted by atomic mass is 9.40. The molecule has 0 radical (unpaired) electrons. The number of allylic oxidation sites excluding steroid dienone is 1. The minimum Gasteiger partial charge on any atom is -0.456 e. The van der Waals surface area contributed by atoms with Crippen LogP contribution in [0.4, 0.5) is 0 Å². The molecule has 5 saturated heterocycles. The summed E-state index contributed by atoms with van der Waals surface area (Å²) < 4.78 is 97.8. The van der Waals surface area contributed by atoms with E-state index in [1.807, 2.05) is 34.6 Å². The fraction of sp³-hybridized carbons (Fsp3) is 0.944. The summed E-state index contributed by atoms with van der Waals surface area (Å²) in [7, 11) is -4.02. The third kappa shape index (κ3) is 10.4. The Bertz CT molecular complexity index is 2420. The predicted molar refractivity (Wildman–Crippen MR) is 275 cm³/mol. The second-order valence-corrected chi connectivity index (χ2v) is 27.1. The van der Waals surface area contributed by atoms with E-state index in [-0.39, 0.29) is 37.0 Å². The minimum atomic E-state index is -5.20. The first kappa shape index (κ1) is 64.7. The second kappa shape index (κ2) is 23.3. The summed E-state index contributed by atoms with van der Waals surface area (Å²) >= 11 is 0. The molecule has 28 heteroatoms. The second-order valence-electron chi connectivity index (χ2n) is 26.1. The quantitative estimate of drug-likeness (QED) is 0.0312. The van der Waals surface area contributed by atoms with E-state index in [0.29, 0.717) is 32.1 Å². The number of esters is 1. The van der Waals surface area contributed by atoms with Crippen LogP contribution in [0.3, 0.4) is 0 Å². The Balaban J connectivity index is 0.912. The Morgan fingerprint density at radius 2 is 1.29 bits per heavy atom. The van der Waals surface area contributed by atoms with E-state index in [0.717, 1.165) is 5.57 Å². The number of cyclic esters (lactones) is 1. The van der Waals surface area contributed by atoms with Gasteiger partial charge >= 0.3 is 16.4 Å². The molecule has 0 bridgehead atoms. The van der Waals surface area contributed by atoms with Crippen LogP contribution < -0.4 is 0 Å². The fourth-order valence-electron chi connectivity index (χ4n) is 16.3. The zero-order valence-corrected chi connectivity index (χ0v) is 48.5. The summed E-state index contributed by atoms with van der Waals surface area (Å²) in [6.07, 6.45) is -30.2. The molecule has 9 aliphatic rings. The third-order valence-corrected chi connectivity index (χ3v) is 21.5. The first-order chi connectivity index (χ1) is 38.2. The van der Waals surface area contributed by atoms with Crippen LogP contribution in [0, 0.1) is 39.4 Å². The van der Waals surface area contributed by atoms with Gasteiger partial charge in [0, 0.05) is 7.11 Å². The Morgan fingerprint density at radius 1 is 0.707 bits per heavy atom. The van der Waals surface area contributed by atoms with Gasteiger partial charge in [0.2, 0.25) is 0 Å². The van der Waals surface area contributed by atoms with Gasteiger partial charge in [-0.3, -0.25) is 9.35 Å². The monoisotopic (exact) mass is 1200 g/mol. The van der Waals surface area contributed by atoms with Crippen molar-refractivity contribution in [2.75, 3.05) is 26.9 Å². The van der Waals surface area contributed by atoms with Gasteiger partial charge < -0.3 is 109 Å². The molecule has 3 unspecified atom stereocenters. The van der Waals surface area contributed by atoms with Crippen LogP contribution in [0.1, 0.15) is 107 Å². The minimum absolute atomic E-state index is 0.0583. The molecule has 0 amide bonds. The maximum absolute atomic E-state index is 14.5. The van der Waals surface area contributed by atoms with Crippen LogP contribution in [0.2, 0.25) is 0 Å². The van der Waals surface area contributed by atoms with Gasteiger partial charge in [-0.25, -0.2) is 4.18 Å². The molecular weight excluding hydrogens is 1110 g/mol. The highest BCUT2D eigenvalue weighted by Gasteiger charge is 2.85. The largest absolute Gasteiger partial charge is 0.456 e. The van der Waals surface area contributed by atoms with Gasteiger partial charge in [0.15, 0.2) is 25.2 Å². The van der Waals surface area contributed by atoms with Crippen LogP contribution in [0.25, 0.3) is 0 Å². The molecule has 0 aromatic carbocycles. The van der Waals surface area contributed by atoms with Crippen LogP contribution >= 0.6 is 0 Å². The third-order valence-electron chi connectivity index (χ3n) is 21.0. The topological polar surface area (TPSA) is 416 Å². The van der Waals surface area contributed by atoms with Crippen LogP contribution in [0.5, 0.6) is 0 Å². The van der Waals surface area contributed by atoms with E-state index in [4.69, 9.17) is 51.6 Å². The Kier molecular flexibility index (Phi) is 18.4. The molecule has 5 aliphatic heterocycles. The summed E-state index contributed by atoms with van der Waals surface area (Å²) in [5.74, 6) is -1.08. The molecule has 27 nitrogen and oxygen atoms in total. The standard InChI is InChI=1S/C54H88O27S/c1-22(2)26(57)12-15-52(8)53(67)17-16-51(7)24-10-11-30-49(4,5)32(13-14-50(30,6)25(24)18-31(58)54(51,53)48(66)80-52)76-47-43(35(61)29(21-72-47)81-82(68,69)70)79-44-37(63)36(62)40(23(3)73-44)77-46-39(65)42(34(60)28(20-56)75-46)78-45-38(64)41(71-9)33(59)27(19-55)74-45/h18,22-24,26-47,55-65,67H,10-17,19-21H2,1-9H3,(H,68,69,70)/t23-,24-,26?,27-,28-,29-,30+,31?,32+,33-,34-,35+,36-,37-,38-,39-,40-,41+,42+,43-,44+,45+,46+,47+,50-,51+,52+,53+,54?/m1/s1. The molecule has 13 N–H and O–H groups in total. The number of carbonyl (C=O) groups is 1. The van der Waals surface area contributed by atoms with E-state index in [2.05, 4.69) is 6.92 Å². The number of hydrogen-bond donors (Lipinski definition) is 13. The van der Waals surface area contributed by atoms with E-state index >= 15 is 0 Å². The van der Waals surface area contributed by atoms with Crippen molar-refractivity contribution in [1.82, 2.24) is 0 Å². The number of fused-ring (bicyclic) bond motifs is 4. The summed E-state index contributed by atoms with van der Waals surface area (Å²) in [6.45, 7) is 12.8. The lowest BCUT2D eigenvalue weighted by Gasteiger charge is -2.64. The molecule has 0 aromatic rings. The predicted octanol–water partition coefficient (Wildman–Crippen LogP) is -2.42. The van der Waals surface area contributed by atoms with Crippen molar-refractivity contribution >= 4 is 16.4 Å². The first-order valence-corrected chi connectivity index (χ1v) is 30.0. The van der Waals surface area contributed by atoms with E-state index in [9.17, 15) is 79.0 Å². The van der Waals surface area contributed by atoms with Gasteiger partial charge in [0.05, 0.1) is 44.2 Å². The highest BCUT2D eigenvalue weighted by molar-refractivity contribution is 7.80. The van der Waals surface area contributed by atoms with Crippen LogP contribution in [-0.4, -0.2) is 253 Å². The maximum Gasteiger partial charge on any atom is 0.397 e. The molecule has 82 heavy (non-hydrogen) atoms. The highest BCUT2D eigenvalue weighted by Crippen LogP contribution is 2.77. The summed E-state index contributed by atoms with van der Waals surface area (Å²) in [5, 5.41) is 135. The number of ether oxygens (including phenoxy) is 10. The number of hydrogen-bond acceptors (Lipinski definition) is 26. The zero-order chi connectivity index (χ0) is 60.4. The fourth-order valence-corrected chi connectivity index (χ4v) is 16.8. The highest BCUT2D eigenvalue weighted by atomic mass is 32.3. The molecule has 8 fully saturated rings. The first-order valence-electron chi connectivity index (χ1n) is 28.6. The average molecular weight is 1200 g/mol.